The first kappa shape index (κ1) is 16.7. The Bertz CT molecular complexity index is 711. The number of benzene rings is 1. The zero-order chi connectivity index (χ0) is 16.9. The van der Waals surface area contributed by atoms with Gasteiger partial charge >= 0.3 is 0 Å². The lowest BCUT2D eigenvalue weighted by Crippen LogP contribution is -2.24. The molecule has 0 radical (unpaired) electrons. The highest BCUT2D eigenvalue weighted by molar-refractivity contribution is 7.18. The van der Waals surface area contributed by atoms with E-state index in [-0.39, 0.29) is 11.8 Å². The molecule has 0 spiro atoms. The molecular weight excluding hydrogens is 326 g/mol. The van der Waals surface area contributed by atoms with Gasteiger partial charge in [0.1, 0.15) is 5.01 Å². The Balaban J connectivity index is 1.72. The van der Waals surface area contributed by atoms with Crippen LogP contribution in [0, 0.1) is 5.92 Å². The highest BCUT2D eigenvalue weighted by Crippen LogP contribution is 2.34. The number of methoxy groups -OCH3 is 2. The number of aromatic nitrogens is 2. The fourth-order valence-electron chi connectivity index (χ4n) is 2.93. The van der Waals surface area contributed by atoms with E-state index in [2.05, 4.69) is 15.5 Å². The van der Waals surface area contributed by atoms with Gasteiger partial charge in [0.25, 0.3) is 0 Å². The Hall–Kier alpha value is -2.15. The Labute approximate surface area is 145 Å². The van der Waals surface area contributed by atoms with E-state index in [0.717, 1.165) is 36.3 Å². The SMILES string of the molecule is COc1ccc(-c2nnc(NC(=O)C3CCCCC3)s2)cc1OC. The second-order valence-electron chi connectivity index (χ2n) is 5.81. The van der Waals surface area contributed by atoms with Crippen molar-refractivity contribution >= 4 is 22.4 Å². The monoisotopic (exact) mass is 347 g/mol. The summed E-state index contributed by atoms with van der Waals surface area (Å²) in [5.74, 6) is 1.46. The van der Waals surface area contributed by atoms with Gasteiger partial charge in [-0.2, -0.15) is 0 Å². The lowest BCUT2D eigenvalue weighted by Gasteiger charge is -2.19. The number of ether oxygens (including phenoxy) is 2. The summed E-state index contributed by atoms with van der Waals surface area (Å²) in [6.45, 7) is 0. The molecule has 0 aliphatic heterocycles. The van der Waals surface area contributed by atoms with Gasteiger partial charge in [-0.3, -0.25) is 4.79 Å². The molecule has 2 aromatic rings. The Morgan fingerprint density at radius 1 is 1.12 bits per heavy atom. The number of anilines is 1. The van der Waals surface area contributed by atoms with Gasteiger partial charge in [0.2, 0.25) is 11.0 Å². The summed E-state index contributed by atoms with van der Waals surface area (Å²) in [6, 6.07) is 5.58. The number of amides is 1. The molecule has 0 bridgehead atoms. The van der Waals surface area contributed by atoms with Crippen LogP contribution in [-0.2, 0) is 4.79 Å². The third kappa shape index (κ3) is 3.67. The number of hydrogen-bond donors (Lipinski definition) is 1. The summed E-state index contributed by atoms with van der Waals surface area (Å²) < 4.78 is 10.5. The molecule has 1 heterocycles. The topological polar surface area (TPSA) is 73.3 Å². The Morgan fingerprint density at radius 3 is 2.58 bits per heavy atom. The smallest absolute Gasteiger partial charge is 0.229 e. The molecule has 1 aromatic carbocycles. The molecule has 0 unspecified atom stereocenters. The zero-order valence-electron chi connectivity index (χ0n) is 13.9. The summed E-state index contributed by atoms with van der Waals surface area (Å²) in [5.41, 5.74) is 0.878. The van der Waals surface area contributed by atoms with Crippen LogP contribution in [-0.4, -0.2) is 30.3 Å². The van der Waals surface area contributed by atoms with E-state index in [9.17, 15) is 4.79 Å². The van der Waals surface area contributed by atoms with Gasteiger partial charge in [0.15, 0.2) is 11.5 Å². The van der Waals surface area contributed by atoms with Crippen LogP contribution in [0.3, 0.4) is 0 Å². The van der Waals surface area contributed by atoms with Gasteiger partial charge in [0.05, 0.1) is 14.2 Å². The van der Waals surface area contributed by atoms with E-state index in [1.165, 1.54) is 17.8 Å². The molecule has 1 fully saturated rings. The van der Waals surface area contributed by atoms with Crippen molar-refractivity contribution < 1.29 is 14.3 Å². The Morgan fingerprint density at radius 2 is 1.88 bits per heavy atom. The summed E-state index contributed by atoms with van der Waals surface area (Å²) >= 11 is 1.36. The molecule has 1 N–H and O–H groups in total. The summed E-state index contributed by atoms with van der Waals surface area (Å²) in [7, 11) is 3.19. The van der Waals surface area contributed by atoms with E-state index in [1.54, 1.807) is 14.2 Å². The minimum atomic E-state index is 0.0599. The quantitative estimate of drug-likeness (QED) is 0.892. The summed E-state index contributed by atoms with van der Waals surface area (Å²) in [4.78, 5) is 12.3. The normalized spacial score (nSPS) is 15.1. The van der Waals surface area contributed by atoms with E-state index in [1.807, 2.05) is 18.2 Å². The average Bonchev–Trinajstić information content (AvgIpc) is 3.10. The molecule has 6 nitrogen and oxygen atoms in total. The van der Waals surface area contributed by atoms with Crippen molar-refractivity contribution in [3.63, 3.8) is 0 Å². The molecule has 128 valence electrons. The van der Waals surface area contributed by atoms with Crippen molar-refractivity contribution in [1.82, 2.24) is 10.2 Å². The summed E-state index contributed by atoms with van der Waals surface area (Å²) in [5, 5.41) is 12.4. The van der Waals surface area contributed by atoms with Gasteiger partial charge in [-0.15, -0.1) is 10.2 Å². The van der Waals surface area contributed by atoms with E-state index in [4.69, 9.17) is 9.47 Å². The first-order valence-electron chi connectivity index (χ1n) is 8.08. The van der Waals surface area contributed by atoms with Crippen LogP contribution < -0.4 is 14.8 Å². The number of rotatable bonds is 5. The van der Waals surface area contributed by atoms with Crippen LogP contribution in [0.25, 0.3) is 10.6 Å². The summed E-state index contributed by atoms with van der Waals surface area (Å²) in [6.07, 6.45) is 5.42. The van der Waals surface area contributed by atoms with Crippen LogP contribution in [0.2, 0.25) is 0 Å². The molecular formula is C17H21N3O3S. The minimum Gasteiger partial charge on any atom is -0.493 e. The molecule has 0 saturated heterocycles. The van der Waals surface area contributed by atoms with Gasteiger partial charge in [-0.25, -0.2) is 0 Å². The molecule has 3 rings (SSSR count). The van der Waals surface area contributed by atoms with Gasteiger partial charge < -0.3 is 14.8 Å². The van der Waals surface area contributed by atoms with Crippen LogP contribution in [0.5, 0.6) is 11.5 Å². The predicted octanol–water partition coefficient (Wildman–Crippen LogP) is 3.74. The van der Waals surface area contributed by atoms with Gasteiger partial charge in [-0.05, 0) is 31.0 Å². The fourth-order valence-corrected chi connectivity index (χ4v) is 3.67. The van der Waals surface area contributed by atoms with Crippen LogP contribution >= 0.6 is 11.3 Å². The minimum absolute atomic E-state index is 0.0599. The predicted molar refractivity (Wildman–Crippen MR) is 93.7 cm³/mol. The lowest BCUT2D eigenvalue weighted by molar-refractivity contribution is -0.120. The molecule has 1 amide bonds. The van der Waals surface area contributed by atoms with Crippen molar-refractivity contribution in [1.29, 1.82) is 0 Å². The van der Waals surface area contributed by atoms with E-state index < -0.39 is 0 Å². The van der Waals surface area contributed by atoms with Crippen molar-refractivity contribution in [3.8, 4) is 22.1 Å². The highest BCUT2D eigenvalue weighted by Gasteiger charge is 2.22. The molecule has 1 aliphatic rings. The number of carbonyl (C=O) groups excluding carboxylic acids is 1. The Kier molecular flexibility index (Phi) is 5.30. The van der Waals surface area contributed by atoms with Crippen molar-refractivity contribution in [2.24, 2.45) is 5.92 Å². The fraction of sp³-hybridized carbons (Fsp3) is 0.471. The average molecular weight is 347 g/mol. The van der Waals surface area contributed by atoms with Crippen molar-refractivity contribution in [2.75, 3.05) is 19.5 Å². The molecule has 24 heavy (non-hydrogen) atoms. The first-order valence-corrected chi connectivity index (χ1v) is 8.89. The van der Waals surface area contributed by atoms with Crippen LogP contribution in [0.4, 0.5) is 5.13 Å². The molecule has 1 saturated carbocycles. The van der Waals surface area contributed by atoms with Gasteiger partial charge in [0, 0.05) is 11.5 Å². The number of nitrogens with zero attached hydrogens (tertiary/aromatic N) is 2. The maximum absolute atomic E-state index is 12.3. The van der Waals surface area contributed by atoms with E-state index in [0.29, 0.717) is 16.6 Å². The van der Waals surface area contributed by atoms with E-state index >= 15 is 0 Å². The maximum atomic E-state index is 12.3. The second kappa shape index (κ2) is 7.61. The molecule has 7 heteroatoms. The zero-order valence-corrected chi connectivity index (χ0v) is 14.7. The molecule has 1 aliphatic carbocycles. The van der Waals surface area contributed by atoms with Gasteiger partial charge in [-0.1, -0.05) is 30.6 Å². The molecule has 0 atom stereocenters. The largest absolute Gasteiger partial charge is 0.493 e. The standard InChI is InChI=1S/C17H21N3O3S/c1-22-13-9-8-12(10-14(13)23-2)16-19-20-17(24-16)18-15(21)11-6-4-3-5-7-11/h8-11H,3-7H2,1-2H3,(H,18,20,21). The van der Waals surface area contributed by atoms with Crippen LogP contribution in [0.1, 0.15) is 32.1 Å². The number of nitrogens with one attached hydrogen (secondary N) is 1. The van der Waals surface area contributed by atoms with Crippen molar-refractivity contribution in [3.05, 3.63) is 18.2 Å². The third-order valence-electron chi connectivity index (χ3n) is 4.26. The third-order valence-corrected chi connectivity index (χ3v) is 5.15. The number of carbonyl (C=O) groups is 1. The maximum Gasteiger partial charge on any atom is 0.229 e. The highest BCUT2D eigenvalue weighted by atomic mass is 32.1. The van der Waals surface area contributed by atoms with Crippen LogP contribution in [0.15, 0.2) is 18.2 Å². The first-order chi connectivity index (χ1) is 11.7. The van der Waals surface area contributed by atoms with Crippen molar-refractivity contribution in [2.45, 2.75) is 32.1 Å². The molecule has 1 aromatic heterocycles. The second-order valence-corrected chi connectivity index (χ2v) is 6.78. The number of hydrogen-bond acceptors (Lipinski definition) is 6. The lowest BCUT2D eigenvalue weighted by atomic mass is 9.89.